The third-order valence-electron chi connectivity index (χ3n) is 6.40. The maximum absolute atomic E-state index is 11.6. The number of hydrogen-bond acceptors (Lipinski definition) is 2. The molecule has 2 fully saturated rings. The first-order chi connectivity index (χ1) is 10.1. The highest BCUT2D eigenvalue weighted by Crippen LogP contribution is 2.55. The van der Waals surface area contributed by atoms with Gasteiger partial charge in [-0.3, -0.25) is 4.79 Å². The van der Waals surface area contributed by atoms with E-state index in [4.69, 9.17) is 5.73 Å². The van der Waals surface area contributed by atoms with Crippen LogP contribution in [0.5, 0.6) is 0 Å². The van der Waals surface area contributed by atoms with E-state index >= 15 is 0 Å². The summed E-state index contributed by atoms with van der Waals surface area (Å²) in [5.41, 5.74) is 9.42. The van der Waals surface area contributed by atoms with Gasteiger partial charge in [0.25, 0.3) is 0 Å². The normalized spacial score (nSPS) is 34.9. The Hall–Kier alpha value is -1.35. The summed E-state index contributed by atoms with van der Waals surface area (Å²) in [6, 6.07) is 6.88. The average molecular weight is 284 g/mol. The van der Waals surface area contributed by atoms with Crippen molar-refractivity contribution in [1.82, 2.24) is 4.90 Å². The molecule has 1 amide bonds. The van der Waals surface area contributed by atoms with Crippen molar-refractivity contribution in [3.63, 3.8) is 0 Å². The van der Waals surface area contributed by atoms with Gasteiger partial charge >= 0.3 is 0 Å². The van der Waals surface area contributed by atoms with Crippen LogP contribution in [0.15, 0.2) is 18.2 Å². The Morgan fingerprint density at radius 2 is 2.19 bits per heavy atom. The Labute approximate surface area is 126 Å². The van der Waals surface area contributed by atoms with Crippen molar-refractivity contribution in [3.05, 3.63) is 34.9 Å². The maximum atomic E-state index is 11.6. The molecule has 3 heteroatoms. The average Bonchev–Trinajstić information content (AvgIpc) is 2.50. The molecule has 0 spiro atoms. The highest BCUT2D eigenvalue weighted by Gasteiger charge is 2.53. The number of fused-ring (bicyclic) bond motifs is 1. The molecule has 1 heterocycles. The Bertz CT molecular complexity index is 597. The summed E-state index contributed by atoms with van der Waals surface area (Å²) >= 11 is 0. The number of likely N-dealkylation sites (N-methyl/N-ethyl adjacent to an activating group) is 1. The van der Waals surface area contributed by atoms with Gasteiger partial charge in [0.1, 0.15) is 0 Å². The van der Waals surface area contributed by atoms with Crippen molar-refractivity contribution in [2.75, 3.05) is 13.6 Å². The lowest BCUT2D eigenvalue weighted by atomic mass is 9.52. The number of nitrogens with zero attached hydrogens (tertiary/aromatic N) is 1. The van der Waals surface area contributed by atoms with Crippen LogP contribution < -0.4 is 5.73 Å². The number of carbonyl (C=O) groups excluding carboxylic acids is 1. The maximum Gasteiger partial charge on any atom is 0.248 e. The van der Waals surface area contributed by atoms with E-state index in [-0.39, 0.29) is 5.91 Å². The van der Waals surface area contributed by atoms with Gasteiger partial charge in [-0.25, -0.2) is 0 Å². The Morgan fingerprint density at radius 1 is 1.33 bits per heavy atom. The lowest BCUT2D eigenvalue weighted by molar-refractivity contribution is 0.00283. The van der Waals surface area contributed by atoms with E-state index < -0.39 is 0 Å². The molecule has 0 aromatic heterocycles. The zero-order chi connectivity index (χ0) is 14.6. The van der Waals surface area contributed by atoms with E-state index in [9.17, 15) is 4.79 Å². The fourth-order valence-electron chi connectivity index (χ4n) is 5.35. The Kier molecular flexibility index (Phi) is 2.90. The fourth-order valence-corrected chi connectivity index (χ4v) is 5.35. The van der Waals surface area contributed by atoms with Crippen molar-refractivity contribution < 1.29 is 4.79 Å². The molecule has 1 aliphatic heterocycles. The first kappa shape index (κ1) is 13.3. The molecule has 1 saturated heterocycles. The van der Waals surface area contributed by atoms with Gasteiger partial charge in [-0.2, -0.15) is 0 Å². The Balaban J connectivity index is 1.89. The zero-order valence-electron chi connectivity index (χ0n) is 12.8. The third-order valence-corrected chi connectivity index (χ3v) is 6.40. The largest absolute Gasteiger partial charge is 0.366 e. The summed E-state index contributed by atoms with van der Waals surface area (Å²) in [6.45, 7) is 1.18. The quantitative estimate of drug-likeness (QED) is 0.861. The van der Waals surface area contributed by atoms with Gasteiger partial charge in [0.15, 0.2) is 0 Å². The summed E-state index contributed by atoms with van der Waals surface area (Å²) in [6.07, 6.45) is 7.69. The summed E-state index contributed by atoms with van der Waals surface area (Å²) in [7, 11) is 2.28. The first-order valence-corrected chi connectivity index (χ1v) is 8.25. The summed E-state index contributed by atoms with van der Waals surface area (Å²) < 4.78 is 0. The minimum atomic E-state index is -0.295. The smallest absolute Gasteiger partial charge is 0.248 e. The second kappa shape index (κ2) is 4.57. The van der Waals surface area contributed by atoms with E-state index in [1.165, 1.54) is 49.8 Å². The van der Waals surface area contributed by atoms with Crippen LogP contribution in [0.25, 0.3) is 0 Å². The third kappa shape index (κ3) is 1.80. The van der Waals surface area contributed by atoms with Gasteiger partial charge in [0.2, 0.25) is 5.91 Å². The molecule has 2 aliphatic carbocycles. The number of carbonyl (C=O) groups is 1. The van der Waals surface area contributed by atoms with Crippen molar-refractivity contribution >= 4 is 5.91 Å². The van der Waals surface area contributed by atoms with Crippen LogP contribution in [-0.2, 0) is 11.8 Å². The number of piperidine rings is 1. The van der Waals surface area contributed by atoms with Crippen LogP contribution in [-0.4, -0.2) is 30.4 Å². The number of amides is 1. The van der Waals surface area contributed by atoms with Gasteiger partial charge in [0, 0.05) is 17.0 Å². The van der Waals surface area contributed by atoms with Gasteiger partial charge in [-0.15, -0.1) is 0 Å². The highest BCUT2D eigenvalue weighted by atomic mass is 16.1. The molecule has 2 bridgehead atoms. The molecule has 3 aliphatic rings. The van der Waals surface area contributed by atoms with Crippen LogP contribution in [0.1, 0.15) is 53.6 Å². The van der Waals surface area contributed by atoms with E-state index in [1.54, 1.807) is 0 Å². The first-order valence-electron chi connectivity index (χ1n) is 8.25. The molecule has 1 aromatic carbocycles. The minimum Gasteiger partial charge on any atom is -0.366 e. The number of nitrogens with two attached hydrogens (primary N) is 1. The fraction of sp³-hybridized carbons (Fsp3) is 0.611. The van der Waals surface area contributed by atoms with Crippen LogP contribution in [0.3, 0.4) is 0 Å². The monoisotopic (exact) mass is 284 g/mol. The zero-order valence-corrected chi connectivity index (χ0v) is 12.8. The molecule has 4 rings (SSSR count). The van der Waals surface area contributed by atoms with Crippen LogP contribution in [0.2, 0.25) is 0 Å². The van der Waals surface area contributed by atoms with Crippen LogP contribution >= 0.6 is 0 Å². The molecule has 112 valence electrons. The SMILES string of the molecule is CN1CC[C@@]23CCCC[C@@H]2[C@@H]1Cc1ccc(C(N)=O)cc13. The van der Waals surface area contributed by atoms with E-state index in [1.807, 2.05) is 6.07 Å². The molecule has 1 saturated carbocycles. The second-order valence-corrected chi connectivity index (χ2v) is 7.25. The Morgan fingerprint density at radius 3 is 3.00 bits per heavy atom. The van der Waals surface area contributed by atoms with E-state index in [0.717, 1.165) is 12.3 Å². The molecular weight excluding hydrogens is 260 g/mol. The summed E-state index contributed by atoms with van der Waals surface area (Å²) in [5.74, 6) is 0.470. The van der Waals surface area contributed by atoms with Crippen molar-refractivity contribution in [3.8, 4) is 0 Å². The molecule has 3 atom stereocenters. The molecule has 21 heavy (non-hydrogen) atoms. The minimum absolute atomic E-state index is 0.295. The van der Waals surface area contributed by atoms with Crippen LogP contribution in [0.4, 0.5) is 0 Å². The lowest BCUT2D eigenvalue weighted by Crippen LogP contribution is -2.59. The predicted molar refractivity (Wildman–Crippen MR) is 83.3 cm³/mol. The number of primary amides is 1. The molecule has 3 nitrogen and oxygen atoms in total. The molecule has 0 radical (unpaired) electrons. The van der Waals surface area contributed by atoms with Crippen LogP contribution in [0, 0.1) is 5.92 Å². The van der Waals surface area contributed by atoms with Gasteiger partial charge in [0.05, 0.1) is 0 Å². The summed E-state index contributed by atoms with van der Waals surface area (Å²) in [4.78, 5) is 14.2. The second-order valence-electron chi connectivity index (χ2n) is 7.25. The van der Waals surface area contributed by atoms with E-state index in [0.29, 0.717) is 17.0 Å². The van der Waals surface area contributed by atoms with Crippen molar-refractivity contribution in [2.45, 2.75) is 50.0 Å². The van der Waals surface area contributed by atoms with Gasteiger partial charge < -0.3 is 10.6 Å². The topological polar surface area (TPSA) is 46.3 Å². The number of hydrogen-bond donors (Lipinski definition) is 1. The lowest BCUT2D eigenvalue weighted by Gasteiger charge is -2.58. The molecule has 1 aromatic rings. The number of likely N-dealkylation sites (tertiary alicyclic amines) is 1. The van der Waals surface area contributed by atoms with Crippen molar-refractivity contribution in [1.29, 1.82) is 0 Å². The molecule has 0 unspecified atom stereocenters. The van der Waals surface area contributed by atoms with Gasteiger partial charge in [-0.05, 0) is 68.5 Å². The molecule has 2 N–H and O–H groups in total. The van der Waals surface area contributed by atoms with Gasteiger partial charge in [-0.1, -0.05) is 18.9 Å². The van der Waals surface area contributed by atoms with E-state index in [2.05, 4.69) is 24.1 Å². The highest BCUT2D eigenvalue weighted by molar-refractivity contribution is 5.93. The summed E-state index contributed by atoms with van der Waals surface area (Å²) in [5, 5.41) is 0. The standard InChI is InChI=1S/C18H24N2O/c1-20-9-8-18-7-3-2-4-14(18)16(20)11-12-5-6-13(17(19)21)10-15(12)18/h5-6,10,14,16H,2-4,7-9,11H2,1H3,(H2,19,21)/t14-,16+,18+/m1/s1. The number of benzene rings is 1. The predicted octanol–water partition coefficient (Wildman–Crippen LogP) is 2.47. The number of rotatable bonds is 1. The molecular formula is C18H24N2O. The van der Waals surface area contributed by atoms with Crippen molar-refractivity contribution in [2.24, 2.45) is 11.7 Å².